The zero-order chi connectivity index (χ0) is 19.3. The highest BCUT2D eigenvalue weighted by Crippen LogP contribution is 2.22. The van der Waals surface area contributed by atoms with Gasteiger partial charge in [0.15, 0.2) is 0 Å². The van der Waals surface area contributed by atoms with Crippen molar-refractivity contribution in [2.75, 3.05) is 7.05 Å². The van der Waals surface area contributed by atoms with Gasteiger partial charge in [0.2, 0.25) is 5.91 Å². The van der Waals surface area contributed by atoms with Gasteiger partial charge in [0.1, 0.15) is 5.15 Å². The second-order valence-corrected chi connectivity index (χ2v) is 7.06. The van der Waals surface area contributed by atoms with Gasteiger partial charge in [-0.25, -0.2) is 0 Å². The van der Waals surface area contributed by atoms with Gasteiger partial charge in [0, 0.05) is 31.8 Å². The molecule has 0 unspecified atom stereocenters. The number of aryl methyl sites for hydroxylation is 1. The van der Waals surface area contributed by atoms with Crippen molar-refractivity contribution in [2.24, 2.45) is 5.92 Å². The average Bonchev–Trinajstić information content (AvgIpc) is 2.86. The third-order valence-corrected chi connectivity index (χ3v) is 4.32. The van der Waals surface area contributed by atoms with Crippen molar-refractivity contribution >= 4 is 23.6 Å². The topological polar surface area (TPSA) is 61.9 Å². The molecular weight excluding hydrogens is 348 g/mol. The SMILES string of the molecule is Cc1nn(CC(C)C)c(Cl)c1/C=C/C(=O)N(C)Cc1ccc(C#N)cc1. The molecule has 0 atom stereocenters. The van der Waals surface area contributed by atoms with E-state index in [2.05, 4.69) is 25.0 Å². The number of aromatic nitrogens is 2. The molecule has 2 aromatic rings. The summed E-state index contributed by atoms with van der Waals surface area (Å²) in [4.78, 5) is 14.0. The van der Waals surface area contributed by atoms with Gasteiger partial charge in [-0.1, -0.05) is 37.6 Å². The molecule has 0 aliphatic rings. The number of hydrogen-bond acceptors (Lipinski definition) is 3. The summed E-state index contributed by atoms with van der Waals surface area (Å²) in [7, 11) is 1.74. The molecule has 0 radical (unpaired) electrons. The Morgan fingerprint density at radius 2 is 2.04 bits per heavy atom. The number of hydrogen-bond donors (Lipinski definition) is 0. The number of carbonyl (C=O) groups is 1. The minimum absolute atomic E-state index is 0.124. The summed E-state index contributed by atoms with van der Waals surface area (Å²) in [5.41, 5.74) is 3.14. The molecule has 0 spiro atoms. The van der Waals surface area contributed by atoms with Crippen LogP contribution < -0.4 is 0 Å². The van der Waals surface area contributed by atoms with E-state index in [4.69, 9.17) is 16.9 Å². The smallest absolute Gasteiger partial charge is 0.246 e. The number of rotatable bonds is 6. The minimum atomic E-state index is -0.124. The zero-order valence-electron chi connectivity index (χ0n) is 15.5. The first-order valence-electron chi connectivity index (χ1n) is 8.47. The molecule has 0 aliphatic carbocycles. The Bertz CT molecular complexity index is 844. The van der Waals surface area contributed by atoms with Crippen LogP contribution >= 0.6 is 11.6 Å². The van der Waals surface area contributed by atoms with Crippen molar-refractivity contribution in [1.82, 2.24) is 14.7 Å². The molecule has 1 aromatic heterocycles. The third-order valence-electron chi connectivity index (χ3n) is 3.92. The van der Waals surface area contributed by atoms with E-state index in [1.807, 2.05) is 19.1 Å². The van der Waals surface area contributed by atoms with E-state index in [1.54, 1.807) is 34.8 Å². The second kappa shape index (κ2) is 8.68. The molecule has 1 amide bonds. The normalized spacial score (nSPS) is 11.1. The lowest BCUT2D eigenvalue weighted by Gasteiger charge is -2.15. The van der Waals surface area contributed by atoms with Crippen molar-refractivity contribution in [3.8, 4) is 6.07 Å². The molecule has 1 heterocycles. The average molecular weight is 371 g/mol. The van der Waals surface area contributed by atoms with Crippen LogP contribution in [-0.2, 0) is 17.9 Å². The highest BCUT2D eigenvalue weighted by molar-refractivity contribution is 6.31. The van der Waals surface area contributed by atoms with E-state index >= 15 is 0 Å². The number of nitrogens with zero attached hydrogens (tertiary/aromatic N) is 4. The molecule has 26 heavy (non-hydrogen) atoms. The summed E-state index contributed by atoms with van der Waals surface area (Å²) in [6, 6.07) is 9.27. The highest BCUT2D eigenvalue weighted by atomic mass is 35.5. The Morgan fingerprint density at radius 1 is 1.38 bits per heavy atom. The summed E-state index contributed by atoms with van der Waals surface area (Å²) in [6.45, 7) is 7.29. The van der Waals surface area contributed by atoms with Crippen LogP contribution in [0.1, 0.15) is 36.2 Å². The van der Waals surface area contributed by atoms with E-state index in [9.17, 15) is 4.79 Å². The first-order chi connectivity index (χ1) is 12.3. The lowest BCUT2D eigenvalue weighted by molar-refractivity contribution is -0.125. The van der Waals surface area contributed by atoms with Crippen molar-refractivity contribution in [3.63, 3.8) is 0 Å². The summed E-state index contributed by atoms with van der Waals surface area (Å²) < 4.78 is 1.77. The molecule has 0 fully saturated rings. The predicted octanol–water partition coefficient (Wildman–Crippen LogP) is 4.04. The van der Waals surface area contributed by atoms with Crippen LogP contribution in [0, 0.1) is 24.2 Å². The van der Waals surface area contributed by atoms with Gasteiger partial charge in [-0.2, -0.15) is 10.4 Å². The molecule has 0 bridgehead atoms. The first-order valence-corrected chi connectivity index (χ1v) is 8.84. The van der Waals surface area contributed by atoms with E-state index in [-0.39, 0.29) is 5.91 Å². The van der Waals surface area contributed by atoms with Crippen molar-refractivity contribution in [3.05, 3.63) is 57.9 Å². The van der Waals surface area contributed by atoms with Crippen LogP contribution in [0.25, 0.3) is 6.08 Å². The summed E-state index contributed by atoms with van der Waals surface area (Å²) in [6.07, 6.45) is 3.23. The quantitative estimate of drug-likeness (QED) is 0.721. The standard InChI is InChI=1S/C20H23ClN4O/c1-14(2)12-25-20(21)18(15(3)23-25)9-10-19(26)24(4)13-17-7-5-16(11-22)6-8-17/h5-10,14H,12-13H2,1-4H3/b10-9+. The molecule has 0 N–H and O–H groups in total. The van der Waals surface area contributed by atoms with E-state index in [0.29, 0.717) is 23.2 Å². The van der Waals surface area contributed by atoms with Crippen LogP contribution in [0.3, 0.4) is 0 Å². The van der Waals surface area contributed by atoms with Gasteiger partial charge >= 0.3 is 0 Å². The summed E-state index contributed by atoms with van der Waals surface area (Å²) in [5, 5.41) is 13.8. The fourth-order valence-electron chi connectivity index (χ4n) is 2.54. The molecule has 1 aromatic carbocycles. The predicted molar refractivity (Wildman–Crippen MR) is 103 cm³/mol. The van der Waals surface area contributed by atoms with Gasteiger partial charge in [-0.3, -0.25) is 9.48 Å². The lowest BCUT2D eigenvalue weighted by atomic mass is 10.1. The van der Waals surface area contributed by atoms with Crippen LogP contribution in [0.4, 0.5) is 0 Å². The Balaban J connectivity index is 2.06. The summed E-state index contributed by atoms with van der Waals surface area (Å²) >= 11 is 6.39. The fraction of sp³-hybridized carbons (Fsp3) is 0.350. The third kappa shape index (κ3) is 4.96. The zero-order valence-corrected chi connectivity index (χ0v) is 16.3. The Labute approximate surface area is 159 Å². The van der Waals surface area contributed by atoms with Gasteiger partial charge in [0.05, 0.1) is 17.3 Å². The summed E-state index contributed by atoms with van der Waals surface area (Å²) in [5.74, 6) is 0.310. The maximum atomic E-state index is 12.4. The Hall–Kier alpha value is -2.58. The van der Waals surface area contributed by atoms with Crippen LogP contribution in [0.2, 0.25) is 5.15 Å². The van der Waals surface area contributed by atoms with Crippen LogP contribution in [0.15, 0.2) is 30.3 Å². The molecule has 0 aliphatic heterocycles. The van der Waals surface area contributed by atoms with Gasteiger partial charge < -0.3 is 4.90 Å². The van der Waals surface area contributed by atoms with Gasteiger partial charge in [-0.15, -0.1) is 0 Å². The first kappa shape index (κ1) is 19.7. The van der Waals surface area contributed by atoms with E-state index in [0.717, 1.165) is 23.4 Å². The number of halogens is 1. The number of likely N-dealkylation sites (N-methyl/N-ethyl adjacent to an activating group) is 1. The van der Waals surface area contributed by atoms with Crippen molar-refractivity contribution < 1.29 is 4.79 Å². The Morgan fingerprint density at radius 3 is 2.62 bits per heavy atom. The monoisotopic (exact) mass is 370 g/mol. The molecular formula is C20H23ClN4O. The minimum Gasteiger partial charge on any atom is -0.338 e. The van der Waals surface area contributed by atoms with Crippen molar-refractivity contribution in [1.29, 1.82) is 5.26 Å². The number of amides is 1. The number of benzene rings is 1. The largest absolute Gasteiger partial charge is 0.338 e. The molecule has 6 heteroatoms. The molecule has 5 nitrogen and oxygen atoms in total. The fourth-order valence-corrected chi connectivity index (χ4v) is 2.85. The maximum Gasteiger partial charge on any atom is 0.246 e. The van der Waals surface area contributed by atoms with E-state index in [1.165, 1.54) is 6.08 Å². The molecule has 136 valence electrons. The van der Waals surface area contributed by atoms with Crippen LogP contribution in [0.5, 0.6) is 0 Å². The lowest BCUT2D eigenvalue weighted by Crippen LogP contribution is -2.24. The Kier molecular flexibility index (Phi) is 6.59. The van der Waals surface area contributed by atoms with Gasteiger partial charge in [-0.05, 0) is 36.6 Å². The number of nitriles is 1. The molecule has 0 saturated heterocycles. The van der Waals surface area contributed by atoms with Crippen molar-refractivity contribution in [2.45, 2.75) is 33.9 Å². The highest BCUT2D eigenvalue weighted by Gasteiger charge is 2.13. The van der Waals surface area contributed by atoms with E-state index < -0.39 is 0 Å². The molecule has 0 saturated carbocycles. The molecule has 2 rings (SSSR count). The maximum absolute atomic E-state index is 12.4. The second-order valence-electron chi connectivity index (χ2n) is 6.70. The van der Waals surface area contributed by atoms with Gasteiger partial charge in [0.25, 0.3) is 0 Å². The van der Waals surface area contributed by atoms with Crippen LogP contribution in [-0.4, -0.2) is 27.6 Å². The number of carbonyl (C=O) groups excluding carboxylic acids is 1.